The van der Waals surface area contributed by atoms with Crippen molar-refractivity contribution < 1.29 is 0 Å². The van der Waals surface area contributed by atoms with Crippen LogP contribution in [0.15, 0.2) is 376 Å². The Morgan fingerprint density at radius 2 is 0.365 bits per heavy atom. The highest BCUT2D eigenvalue weighted by Gasteiger charge is 2.26. The number of anilines is 12. The molecule has 20 aromatic rings. The number of thiophene rings is 2. The molecule has 0 amide bonds. The fraction of sp³-hybridized carbons (Fsp3) is 0.0204. The van der Waals surface area contributed by atoms with Gasteiger partial charge in [0.2, 0.25) is 0 Å². The molecule has 0 saturated heterocycles. The molecule has 0 bridgehead atoms. The number of fused-ring (bicyclic) bond motifs is 16. The first-order valence-corrected chi connectivity index (χ1v) is 37.2. The maximum absolute atomic E-state index is 2.45. The third-order valence-corrected chi connectivity index (χ3v) is 22.8. The maximum atomic E-state index is 2.45. The predicted molar refractivity (Wildman–Crippen MR) is 452 cm³/mol. The summed E-state index contributed by atoms with van der Waals surface area (Å²) in [5, 5.41) is 19.8. The zero-order chi connectivity index (χ0) is 69.2. The molecular weight excluding hydrogens is 1300 g/mol. The molecule has 18 aromatic carbocycles. The SMILES string of the molecule is Cc1ccc(N(c2ccccc2)c2cc3c4ccccc4c(N(c4ccccc4)c4ccc(C)cc4)cc3c3ccccc23)cc1.c1ccc(N(c2ccc3sc4ccccc4c3c2)c2cc3c4ccccc4c(N(c4ccccc4)c4ccc5sc6ccccc6c5c4)cc3c3ccccc23)cc1. The molecule has 0 saturated carbocycles. The minimum absolute atomic E-state index is 1.12. The summed E-state index contributed by atoms with van der Waals surface area (Å²) < 4.78 is 5.23. The summed E-state index contributed by atoms with van der Waals surface area (Å²) in [5.74, 6) is 0. The molecule has 0 spiro atoms. The molecule has 0 aliphatic carbocycles. The highest BCUT2D eigenvalue weighted by Crippen LogP contribution is 2.52. The molecule has 0 atom stereocenters. The largest absolute Gasteiger partial charge is 0.310 e. The van der Waals surface area contributed by atoms with Crippen LogP contribution in [-0.4, -0.2) is 0 Å². The van der Waals surface area contributed by atoms with Crippen LogP contribution in [-0.2, 0) is 0 Å². The Morgan fingerprint density at radius 1 is 0.154 bits per heavy atom. The standard InChI is InChI=1S/C54H34N2S2.C44H34N2/c1-3-15-35(16-4-1)55(37-27-29-53-47(31-37)43-23-11-13-25-51(43)57-53)49-33-45-40-20-8-10-22-42(40)50(34-46(45)39-19-7-9-21-41(39)49)56(36-17-5-2-6-18-36)38-28-30-54-48(32-38)44-24-12-14-26-52(44)58-54;1-31-21-25-35(26-22-31)45(33-13-5-3-6-14-33)43-29-41-38-18-10-12-20-40(38)44(30-42(41)37-17-9-11-19-39(37)43)46(34-15-7-4-8-16-34)36-27-23-32(2)24-28-36/h1-34H;3-30H,1-2H3. The van der Waals surface area contributed by atoms with Crippen LogP contribution < -0.4 is 19.6 Å². The van der Waals surface area contributed by atoms with Crippen molar-refractivity contribution in [2.45, 2.75) is 13.8 Å². The number of aryl methyl sites for hydroxylation is 2. The average Bonchev–Trinajstić information content (AvgIpc) is 0.972. The monoisotopic (exact) mass is 1360 g/mol. The fourth-order valence-corrected chi connectivity index (χ4v) is 17.8. The van der Waals surface area contributed by atoms with E-state index in [1.54, 1.807) is 0 Å². The molecule has 104 heavy (non-hydrogen) atoms. The lowest BCUT2D eigenvalue weighted by atomic mass is 9.93. The van der Waals surface area contributed by atoms with Crippen molar-refractivity contribution in [3.8, 4) is 0 Å². The van der Waals surface area contributed by atoms with Gasteiger partial charge in [-0.3, -0.25) is 0 Å². The zero-order valence-electron chi connectivity index (χ0n) is 57.4. The van der Waals surface area contributed by atoms with Crippen LogP contribution in [0.25, 0.3) is 105 Å². The van der Waals surface area contributed by atoms with E-state index in [0.29, 0.717) is 0 Å². The summed E-state index contributed by atoms with van der Waals surface area (Å²) >= 11 is 3.72. The number of rotatable bonds is 12. The van der Waals surface area contributed by atoms with Gasteiger partial charge in [-0.2, -0.15) is 0 Å². The van der Waals surface area contributed by atoms with Crippen molar-refractivity contribution in [2.24, 2.45) is 0 Å². The van der Waals surface area contributed by atoms with Gasteiger partial charge >= 0.3 is 0 Å². The second-order valence-corrected chi connectivity index (χ2v) is 29.0. The van der Waals surface area contributed by atoms with Crippen molar-refractivity contribution in [1.82, 2.24) is 0 Å². The van der Waals surface area contributed by atoms with Gasteiger partial charge in [0.25, 0.3) is 0 Å². The van der Waals surface area contributed by atoms with E-state index >= 15 is 0 Å². The van der Waals surface area contributed by atoms with E-state index in [9.17, 15) is 0 Å². The van der Waals surface area contributed by atoms with Gasteiger partial charge in [-0.05, 0) is 203 Å². The maximum Gasteiger partial charge on any atom is 0.0546 e. The van der Waals surface area contributed by atoms with E-state index in [4.69, 9.17) is 0 Å². The van der Waals surface area contributed by atoms with Crippen LogP contribution in [0, 0.1) is 13.8 Å². The molecule has 20 rings (SSSR count). The van der Waals surface area contributed by atoms with Gasteiger partial charge in [-0.25, -0.2) is 0 Å². The quantitative estimate of drug-likeness (QED) is 0.113. The molecule has 0 N–H and O–H groups in total. The van der Waals surface area contributed by atoms with Gasteiger partial charge in [0, 0.05) is 107 Å². The molecule has 4 nitrogen and oxygen atoms in total. The highest BCUT2D eigenvalue weighted by molar-refractivity contribution is 7.26. The normalized spacial score (nSPS) is 11.6. The van der Waals surface area contributed by atoms with Crippen molar-refractivity contribution in [1.29, 1.82) is 0 Å². The molecule has 6 heteroatoms. The van der Waals surface area contributed by atoms with E-state index in [-0.39, 0.29) is 0 Å². The van der Waals surface area contributed by atoms with E-state index < -0.39 is 0 Å². The van der Waals surface area contributed by atoms with Crippen LogP contribution in [0.1, 0.15) is 11.1 Å². The van der Waals surface area contributed by atoms with Crippen LogP contribution in [0.4, 0.5) is 68.2 Å². The summed E-state index contributed by atoms with van der Waals surface area (Å²) in [4.78, 5) is 9.69. The number of benzene rings is 18. The van der Waals surface area contributed by atoms with Crippen LogP contribution in [0.5, 0.6) is 0 Å². The summed E-state index contributed by atoms with van der Waals surface area (Å²) in [6, 6.07) is 137. The van der Waals surface area contributed by atoms with E-state index in [1.807, 2.05) is 22.7 Å². The zero-order valence-corrected chi connectivity index (χ0v) is 59.0. The molecule has 0 fully saturated rings. The fourth-order valence-electron chi connectivity index (χ4n) is 15.7. The Balaban J connectivity index is 0.000000147. The van der Waals surface area contributed by atoms with Crippen LogP contribution in [0.2, 0.25) is 0 Å². The molecule has 492 valence electrons. The summed E-state index contributed by atoms with van der Waals surface area (Å²) in [6.07, 6.45) is 0. The Labute approximate surface area is 612 Å². The lowest BCUT2D eigenvalue weighted by Crippen LogP contribution is -2.11. The molecule has 2 aromatic heterocycles. The topological polar surface area (TPSA) is 13.0 Å². The van der Waals surface area contributed by atoms with Crippen LogP contribution >= 0.6 is 22.7 Å². The molecule has 0 radical (unpaired) electrons. The van der Waals surface area contributed by atoms with E-state index in [0.717, 1.165) is 68.2 Å². The number of hydrogen-bond donors (Lipinski definition) is 0. The summed E-state index contributed by atoms with van der Waals surface area (Å²) in [7, 11) is 0. The Bertz CT molecular complexity index is 6230. The number of hydrogen-bond acceptors (Lipinski definition) is 6. The summed E-state index contributed by atoms with van der Waals surface area (Å²) in [6.45, 7) is 4.28. The summed E-state index contributed by atoms with van der Waals surface area (Å²) in [5.41, 5.74) is 16.2. The number of para-hydroxylation sites is 4. The van der Waals surface area contributed by atoms with Gasteiger partial charge in [0.05, 0.1) is 22.7 Å². The lowest BCUT2D eigenvalue weighted by molar-refractivity contribution is 1.29. The first-order valence-electron chi connectivity index (χ1n) is 35.5. The van der Waals surface area contributed by atoms with Gasteiger partial charge in [0.15, 0.2) is 0 Å². The van der Waals surface area contributed by atoms with Gasteiger partial charge in [-0.15, -0.1) is 22.7 Å². The van der Waals surface area contributed by atoms with Crippen molar-refractivity contribution >= 4 is 196 Å². The van der Waals surface area contributed by atoms with Gasteiger partial charge in [-0.1, -0.05) is 242 Å². The third kappa shape index (κ3) is 11.0. The third-order valence-electron chi connectivity index (χ3n) is 20.5. The first-order chi connectivity index (χ1) is 51.4. The van der Waals surface area contributed by atoms with Gasteiger partial charge < -0.3 is 19.6 Å². The molecule has 0 unspecified atom stereocenters. The molecular formula is C98H68N4S2. The van der Waals surface area contributed by atoms with Crippen molar-refractivity contribution in [2.75, 3.05) is 19.6 Å². The van der Waals surface area contributed by atoms with Crippen molar-refractivity contribution in [3.05, 3.63) is 387 Å². The van der Waals surface area contributed by atoms with Crippen LogP contribution in [0.3, 0.4) is 0 Å². The minimum atomic E-state index is 1.12. The Morgan fingerprint density at radius 3 is 0.654 bits per heavy atom. The Hall–Kier alpha value is -12.8. The number of nitrogens with zero attached hydrogens (tertiary/aromatic N) is 4. The molecule has 0 aliphatic heterocycles. The highest BCUT2D eigenvalue weighted by atomic mass is 32.1. The van der Waals surface area contributed by atoms with Gasteiger partial charge in [0.1, 0.15) is 0 Å². The molecule has 0 aliphatic rings. The molecule has 2 heterocycles. The van der Waals surface area contributed by atoms with Crippen molar-refractivity contribution in [3.63, 3.8) is 0 Å². The Kier molecular flexibility index (Phi) is 15.7. The van der Waals surface area contributed by atoms with E-state index in [1.165, 1.54) is 116 Å². The second-order valence-electron chi connectivity index (χ2n) is 26.9. The van der Waals surface area contributed by atoms with E-state index in [2.05, 4.69) is 410 Å². The minimum Gasteiger partial charge on any atom is -0.310 e. The lowest BCUT2D eigenvalue weighted by Gasteiger charge is -2.30. The first kappa shape index (κ1) is 62.2. The second kappa shape index (κ2) is 26.3. The smallest absolute Gasteiger partial charge is 0.0546 e. The average molecular weight is 1370 g/mol. The predicted octanol–water partition coefficient (Wildman–Crippen LogP) is 29.5.